The average molecular weight is 753 g/mol. The van der Waals surface area contributed by atoms with Crippen molar-refractivity contribution >= 4 is 43.6 Å². The number of benzene rings is 9. The predicted molar refractivity (Wildman–Crippen MR) is 249 cm³/mol. The molecule has 1 aliphatic carbocycles. The fourth-order valence-corrected chi connectivity index (χ4v) is 10.2. The maximum Gasteiger partial charge on any atom is 0.0588 e. The Morgan fingerprint density at radius 1 is 0.322 bits per heavy atom. The maximum atomic E-state index is 2.54. The van der Waals surface area contributed by atoms with Gasteiger partial charge in [0.25, 0.3) is 0 Å². The van der Waals surface area contributed by atoms with Crippen LogP contribution in [0.3, 0.4) is 0 Å². The first-order valence-corrected chi connectivity index (χ1v) is 20.6. The topological polar surface area (TPSA) is 9.86 Å². The van der Waals surface area contributed by atoms with Gasteiger partial charge in [0.05, 0.1) is 22.1 Å². The third-order valence-electron chi connectivity index (χ3n) is 12.9. The van der Waals surface area contributed by atoms with Crippen molar-refractivity contribution in [2.24, 2.45) is 0 Å². The van der Waals surface area contributed by atoms with Crippen LogP contribution in [0.2, 0.25) is 0 Å². The number of nitrogens with zero attached hydrogens (tertiary/aromatic N) is 2. The van der Waals surface area contributed by atoms with Crippen LogP contribution in [-0.4, -0.2) is 9.13 Å². The van der Waals surface area contributed by atoms with Crippen LogP contribution >= 0.6 is 0 Å². The van der Waals surface area contributed by atoms with Gasteiger partial charge < -0.3 is 9.13 Å². The van der Waals surface area contributed by atoms with Gasteiger partial charge in [0.1, 0.15) is 0 Å². The molecule has 11 aromatic rings. The van der Waals surface area contributed by atoms with Crippen molar-refractivity contribution in [2.45, 2.75) is 19.3 Å². The summed E-state index contributed by atoms with van der Waals surface area (Å²) in [7, 11) is 0. The first-order chi connectivity index (χ1) is 29.0. The zero-order chi connectivity index (χ0) is 39.2. The summed E-state index contributed by atoms with van der Waals surface area (Å²) >= 11 is 0. The summed E-state index contributed by atoms with van der Waals surface area (Å²) in [5.41, 5.74) is 19.8. The Kier molecular flexibility index (Phi) is 7.31. The molecule has 0 unspecified atom stereocenters. The third kappa shape index (κ3) is 5.06. The number of aromatic nitrogens is 2. The Morgan fingerprint density at radius 3 is 1.51 bits per heavy atom. The second-order valence-corrected chi connectivity index (χ2v) is 16.5. The van der Waals surface area contributed by atoms with Crippen LogP contribution in [0, 0.1) is 0 Å². The van der Waals surface area contributed by atoms with Crippen LogP contribution in [0.25, 0.3) is 99.5 Å². The highest BCUT2D eigenvalue weighted by Gasteiger charge is 2.38. The molecular formula is C57H40N2. The highest BCUT2D eigenvalue weighted by Crippen LogP contribution is 2.53. The van der Waals surface area contributed by atoms with Crippen LogP contribution in [-0.2, 0) is 5.41 Å². The van der Waals surface area contributed by atoms with Crippen LogP contribution in [0.5, 0.6) is 0 Å². The van der Waals surface area contributed by atoms with Crippen molar-refractivity contribution < 1.29 is 0 Å². The number of fused-ring (bicyclic) bond motifs is 10. The third-order valence-corrected chi connectivity index (χ3v) is 12.9. The van der Waals surface area contributed by atoms with Crippen molar-refractivity contribution in [3.8, 4) is 55.9 Å². The molecule has 0 fully saturated rings. The summed E-state index contributed by atoms with van der Waals surface area (Å²) in [4.78, 5) is 0. The molecule has 0 saturated carbocycles. The minimum Gasteiger partial charge on any atom is -0.309 e. The molecule has 1 aliphatic rings. The van der Waals surface area contributed by atoms with Crippen LogP contribution in [0.1, 0.15) is 25.0 Å². The van der Waals surface area contributed by atoms with Gasteiger partial charge in [-0.05, 0) is 110 Å². The van der Waals surface area contributed by atoms with Crippen molar-refractivity contribution in [2.75, 3.05) is 0 Å². The van der Waals surface area contributed by atoms with E-state index in [-0.39, 0.29) is 5.41 Å². The zero-order valence-corrected chi connectivity index (χ0v) is 33.0. The maximum absolute atomic E-state index is 2.54. The average Bonchev–Trinajstić information content (AvgIpc) is 3.89. The summed E-state index contributed by atoms with van der Waals surface area (Å²) in [6.45, 7) is 4.79. The molecule has 0 bridgehead atoms. The molecule has 0 atom stereocenters. The molecule has 2 heteroatoms. The van der Waals surface area contributed by atoms with Crippen molar-refractivity contribution in [1.29, 1.82) is 0 Å². The lowest BCUT2D eigenvalue weighted by Crippen LogP contribution is -2.16. The molecule has 0 N–H and O–H groups in total. The zero-order valence-electron chi connectivity index (χ0n) is 33.0. The van der Waals surface area contributed by atoms with Gasteiger partial charge in [0.15, 0.2) is 0 Å². The second-order valence-electron chi connectivity index (χ2n) is 16.5. The van der Waals surface area contributed by atoms with Gasteiger partial charge in [0.2, 0.25) is 0 Å². The summed E-state index contributed by atoms with van der Waals surface area (Å²) in [5, 5.41) is 5.04. The van der Waals surface area contributed by atoms with Crippen LogP contribution < -0.4 is 0 Å². The highest BCUT2D eigenvalue weighted by atomic mass is 15.0. The first kappa shape index (κ1) is 33.7. The lowest BCUT2D eigenvalue weighted by molar-refractivity contribution is 0.664. The van der Waals surface area contributed by atoms with Crippen molar-refractivity contribution in [3.63, 3.8) is 0 Å². The molecule has 2 nitrogen and oxygen atoms in total. The van der Waals surface area contributed by atoms with Gasteiger partial charge in [-0.3, -0.25) is 0 Å². The normalized spacial score (nSPS) is 13.1. The van der Waals surface area contributed by atoms with E-state index in [9.17, 15) is 0 Å². The Hall–Kier alpha value is -7.42. The van der Waals surface area contributed by atoms with E-state index in [1.165, 1.54) is 105 Å². The molecule has 0 aliphatic heterocycles. The Bertz CT molecular complexity index is 3450. The number of rotatable bonds is 5. The minimum absolute atomic E-state index is 0.169. The van der Waals surface area contributed by atoms with Gasteiger partial charge in [-0.25, -0.2) is 0 Å². The molecule has 2 heterocycles. The Balaban J connectivity index is 1.07. The summed E-state index contributed by atoms with van der Waals surface area (Å²) < 4.78 is 4.95. The van der Waals surface area contributed by atoms with Gasteiger partial charge >= 0.3 is 0 Å². The fourth-order valence-electron chi connectivity index (χ4n) is 10.2. The molecular weight excluding hydrogens is 713 g/mol. The smallest absolute Gasteiger partial charge is 0.0588 e. The van der Waals surface area contributed by atoms with Crippen molar-refractivity contribution in [1.82, 2.24) is 9.13 Å². The van der Waals surface area contributed by atoms with E-state index in [0.29, 0.717) is 0 Å². The number of hydrogen-bond donors (Lipinski definition) is 0. The van der Waals surface area contributed by atoms with E-state index >= 15 is 0 Å². The summed E-state index contributed by atoms with van der Waals surface area (Å²) in [5.74, 6) is 0. The van der Waals surface area contributed by atoms with E-state index in [0.717, 1.165) is 5.69 Å². The number of para-hydroxylation sites is 1. The van der Waals surface area contributed by atoms with E-state index in [4.69, 9.17) is 0 Å². The molecule has 12 rings (SSSR count). The quantitative estimate of drug-likeness (QED) is 0.166. The van der Waals surface area contributed by atoms with E-state index in [1.807, 2.05) is 0 Å². The molecule has 59 heavy (non-hydrogen) atoms. The van der Waals surface area contributed by atoms with E-state index in [1.54, 1.807) is 0 Å². The largest absolute Gasteiger partial charge is 0.309 e. The molecule has 0 amide bonds. The van der Waals surface area contributed by atoms with E-state index < -0.39 is 0 Å². The molecule has 9 aromatic carbocycles. The van der Waals surface area contributed by atoms with Gasteiger partial charge in [0, 0.05) is 38.3 Å². The SMILES string of the molecule is CC1(C)c2ccccc2-c2ccc3c4cc(-c5ccc6c(c5)c5ccccc5n6-c5cccc(-c6ccccc6)c5)ccc4n(-c4cccc(-c5ccccc5)c4)c3c21. The monoisotopic (exact) mass is 752 g/mol. The fraction of sp³-hybridized carbons (Fsp3) is 0.0526. The van der Waals surface area contributed by atoms with Crippen LogP contribution in [0.15, 0.2) is 206 Å². The Labute approximate surface area is 343 Å². The molecule has 278 valence electrons. The van der Waals surface area contributed by atoms with Crippen LogP contribution in [0.4, 0.5) is 0 Å². The first-order valence-electron chi connectivity index (χ1n) is 20.6. The van der Waals surface area contributed by atoms with Gasteiger partial charge in [-0.1, -0.05) is 166 Å². The summed E-state index contributed by atoms with van der Waals surface area (Å²) in [6, 6.07) is 76.0. The molecule has 2 aromatic heterocycles. The molecule has 0 saturated heterocycles. The van der Waals surface area contributed by atoms with Gasteiger partial charge in [-0.2, -0.15) is 0 Å². The van der Waals surface area contributed by atoms with Gasteiger partial charge in [-0.15, -0.1) is 0 Å². The van der Waals surface area contributed by atoms with E-state index in [2.05, 4.69) is 229 Å². The summed E-state index contributed by atoms with van der Waals surface area (Å²) in [6.07, 6.45) is 0. The highest BCUT2D eigenvalue weighted by molar-refractivity contribution is 6.15. The lowest BCUT2D eigenvalue weighted by Gasteiger charge is -2.23. The second kappa shape index (κ2) is 12.8. The predicted octanol–water partition coefficient (Wildman–Crippen LogP) is 15.2. The molecule has 0 radical (unpaired) electrons. The molecule has 0 spiro atoms. The van der Waals surface area contributed by atoms with Crippen molar-refractivity contribution in [3.05, 3.63) is 217 Å². The standard InChI is InChI=1S/C57H40N2/c1-57(2)51-25-11-9-23-45(51)47-29-30-48-50-36-42(28-32-54(50)59(56(48)55(47)57)44-22-14-20-40(34-44)38-17-7-4-8-18-38)41-27-31-53-49(35-41)46-24-10-12-26-52(46)58(53)43-21-13-19-39(33-43)37-15-5-3-6-16-37/h3-36H,1-2H3. The Morgan fingerprint density at radius 2 is 0.831 bits per heavy atom. The minimum atomic E-state index is -0.169. The number of hydrogen-bond acceptors (Lipinski definition) is 0. The lowest BCUT2D eigenvalue weighted by atomic mass is 9.81.